The van der Waals surface area contributed by atoms with Crippen molar-refractivity contribution in [2.75, 3.05) is 19.6 Å². The third-order valence-corrected chi connectivity index (χ3v) is 3.62. The fourth-order valence-electron chi connectivity index (χ4n) is 1.66. The van der Waals surface area contributed by atoms with E-state index in [1.807, 2.05) is 0 Å². The minimum atomic E-state index is -0.783. The van der Waals surface area contributed by atoms with Crippen molar-refractivity contribution in [3.05, 3.63) is 33.3 Å². The second-order valence-corrected chi connectivity index (χ2v) is 5.63. The molecule has 116 valence electrons. The summed E-state index contributed by atoms with van der Waals surface area (Å²) in [6.07, 6.45) is 0.0291. The zero-order valence-electron chi connectivity index (χ0n) is 11.2. The minimum absolute atomic E-state index is 0.0291. The van der Waals surface area contributed by atoms with Crippen LogP contribution in [-0.4, -0.2) is 44.5 Å². The second-order valence-electron chi connectivity index (χ2n) is 4.34. The summed E-state index contributed by atoms with van der Waals surface area (Å²) in [4.78, 5) is 34.4. The van der Waals surface area contributed by atoms with Crippen molar-refractivity contribution in [1.29, 1.82) is 0 Å². The van der Waals surface area contributed by atoms with Crippen LogP contribution in [0.3, 0.4) is 0 Å². The summed E-state index contributed by atoms with van der Waals surface area (Å²) < 4.78 is 10.3. The van der Waals surface area contributed by atoms with E-state index in [2.05, 4.69) is 26.6 Å². The molecule has 1 aliphatic rings. The summed E-state index contributed by atoms with van der Waals surface area (Å²) >= 11 is 9.06. The third kappa shape index (κ3) is 4.72. The summed E-state index contributed by atoms with van der Waals surface area (Å²) in [6.45, 7) is -0.349. The van der Waals surface area contributed by atoms with Crippen molar-refractivity contribution >= 4 is 52.4 Å². The molecule has 10 heteroatoms. The highest BCUT2D eigenvalue weighted by Crippen LogP contribution is 2.20. The molecule has 0 aliphatic carbocycles. The van der Waals surface area contributed by atoms with Gasteiger partial charge in [-0.3, -0.25) is 14.4 Å². The molecule has 0 aromatic heterocycles. The Morgan fingerprint density at radius 2 is 2.14 bits per heavy atom. The Kier molecular flexibility index (Phi) is 5.81. The molecule has 1 aliphatic heterocycles. The molecular formula is C12H11BBrClN2O5. The van der Waals surface area contributed by atoms with Crippen LogP contribution < -0.4 is 10.6 Å². The SMILES string of the molecule is O=C(CNC(=O)c1cc(Cl)ccc1Br)NCB1OCC(=O)O1. The zero-order valence-corrected chi connectivity index (χ0v) is 13.6. The molecule has 1 saturated heterocycles. The van der Waals surface area contributed by atoms with Gasteiger partial charge in [-0.15, -0.1) is 0 Å². The van der Waals surface area contributed by atoms with Gasteiger partial charge in [0, 0.05) is 9.50 Å². The maximum Gasteiger partial charge on any atom is 0.548 e. The molecule has 1 aromatic rings. The second kappa shape index (κ2) is 7.62. The molecule has 2 amide bonds. The van der Waals surface area contributed by atoms with Crippen molar-refractivity contribution in [3.63, 3.8) is 0 Å². The molecule has 2 rings (SSSR count). The molecule has 1 aromatic carbocycles. The molecule has 0 saturated carbocycles. The van der Waals surface area contributed by atoms with Gasteiger partial charge in [0.25, 0.3) is 5.91 Å². The summed E-state index contributed by atoms with van der Waals surface area (Å²) in [5.74, 6) is -1.34. The Labute approximate surface area is 139 Å². The lowest BCUT2D eigenvalue weighted by atomic mass is 9.91. The molecular weight excluding hydrogens is 378 g/mol. The zero-order chi connectivity index (χ0) is 16.1. The van der Waals surface area contributed by atoms with Gasteiger partial charge in [-0.05, 0) is 34.1 Å². The predicted octanol–water partition coefficient (Wildman–Crippen LogP) is 0.549. The Morgan fingerprint density at radius 1 is 1.36 bits per heavy atom. The van der Waals surface area contributed by atoms with Gasteiger partial charge >= 0.3 is 13.1 Å². The van der Waals surface area contributed by atoms with Crippen LogP contribution in [0.4, 0.5) is 0 Å². The number of nitrogens with one attached hydrogen (secondary N) is 2. The van der Waals surface area contributed by atoms with E-state index in [1.165, 1.54) is 6.07 Å². The summed E-state index contributed by atoms with van der Waals surface area (Å²) in [7, 11) is -0.783. The van der Waals surface area contributed by atoms with Crippen LogP contribution in [0.5, 0.6) is 0 Å². The van der Waals surface area contributed by atoms with Crippen LogP contribution in [0.1, 0.15) is 10.4 Å². The topological polar surface area (TPSA) is 93.7 Å². The van der Waals surface area contributed by atoms with E-state index in [-0.39, 0.29) is 19.6 Å². The van der Waals surface area contributed by atoms with Crippen molar-refractivity contribution in [1.82, 2.24) is 10.6 Å². The van der Waals surface area contributed by atoms with Gasteiger partial charge in [0.15, 0.2) is 0 Å². The monoisotopic (exact) mass is 388 g/mol. The number of carbonyl (C=O) groups excluding carboxylic acids is 3. The first kappa shape index (κ1) is 16.8. The fourth-order valence-corrected chi connectivity index (χ4v) is 2.26. The first-order valence-electron chi connectivity index (χ1n) is 6.27. The molecule has 2 N–H and O–H groups in total. The lowest BCUT2D eigenvalue weighted by Gasteiger charge is -2.08. The summed E-state index contributed by atoms with van der Waals surface area (Å²) in [6, 6.07) is 4.77. The number of halogens is 2. The smallest absolute Gasteiger partial charge is 0.507 e. The highest BCUT2D eigenvalue weighted by Gasteiger charge is 2.31. The van der Waals surface area contributed by atoms with Crippen LogP contribution >= 0.6 is 27.5 Å². The first-order valence-corrected chi connectivity index (χ1v) is 7.44. The Bertz CT molecular complexity index is 615. The minimum Gasteiger partial charge on any atom is -0.507 e. The van der Waals surface area contributed by atoms with E-state index in [0.29, 0.717) is 15.1 Å². The van der Waals surface area contributed by atoms with E-state index in [4.69, 9.17) is 20.9 Å². The standard InChI is InChI=1S/C12H11BBrClN2O5/c14-9-2-1-7(15)3-8(9)12(20)16-4-10(18)17-6-13-21-5-11(19)22-13/h1-3H,4-6H2,(H,16,20)(H,17,18). The van der Waals surface area contributed by atoms with Crippen molar-refractivity contribution in [2.24, 2.45) is 0 Å². The average molecular weight is 389 g/mol. The normalized spacial score (nSPS) is 13.7. The van der Waals surface area contributed by atoms with Gasteiger partial charge < -0.3 is 19.9 Å². The maximum atomic E-state index is 12.0. The van der Waals surface area contributed by atoms with E-state index in [0.717, 1.165) is 0 Å². The highest BCUT2D eigenvalue weighted by molar-refractivity contribution is 9.10. The highest BCUT2D eigenvalue weighted by atomic mass is 79.9. The average Bonchev–Trinajstić information content (AvgIpc) is 2.90. The molecule has 0 unspecified atom stereocenters. The number of hydrogen-bond acceptors (Lipinski definition) is 5. The van der Waals surface area contributed by atoms with Gasteiger partial charge in [0.2, 0.25) is 5.91 Å². The van der Waals surface area contributed by atoms with Crippen molar-refractivity contribution in [3.8, 4) is 0 Å². The van der Waals surface area contributed by atoms with Crippen molar-refractivity contribution < 1.29 is 23.7 Å². The molecule has 7 nitrogen and oxygen atoms in total. The van der Waals surface area contributed by atoms with Gasteiger partial charge in [0.05, 0.1) is 18.6 Å². The third-order valence-electron chi connectivity index (χ3n) is 2.70. The number of amides is 2. The van der Waals surface area contributed by atoms with Crippen LogP contribution in [0.25, 0.3) is 0 Å². The maximum absolute atomic E-state index is 12.0. The van der Waals surface area contributed by atoms with Gasteiger partial charge in [-0.25, -0.2) is 0 Å². The van der Waals surface area contributed by atoms with Crippen molar-refractivity contribution in [2.45, 2.75) is 0 Å². The number of benzene rings is 1. The van der Waals surface area contributed by atoms with E-state index >= 15 is 0 Å². The Balaban J connectivity index is 1.77. The molecule has 22 heavy (non-hydrogen) atoms. The summed E-state index contributed by atoms with van der Waals surface area (Å²) in [5.41, 5.74) is 0.327. The number of carbonyl (C=O) groups is 3. The van der Waals surface area contributed by atoms with E-state index in [9.17, 15) is 14.4 Å². The fraction of sp³-hybridized carbons (Fsp3) is 0.250. The van der Waals surface area contributed by atoms with Gasteiger partial charge in [0.1, 0.15) is 6.61 Å². The summed E-state index contributed by atoms with van der Waals surface area (Å²) in [5, 5.41) is 5.36. The Morgan fingerprint density at radius 3 is 2.82 bits per heavy atom. The van der Waals surface area contributed by atoms with Crippen LogP contribution in [0.2, 0.25) is 5.02 Å². The van der Waals surface area contributed by atoms with Crippen LogP contribution in [0, 0.1) is 0 Å². The van der Waals surface area contributed by atoms with Crippen LogP contribution in [-0.2, 0) is 18.9 Å². The molecule has 0 atom stereocenters. The number of rotatable bonds is 5. The molecule has 1 heterocycles. The molecule has 0 bridgehead atoms. The quantitative estimate of drug-likeness (QED) is 0.718. The van der Waals surface area contributed by atoms with Crippen LogP contribution in [0.15, 0.2) is 22.7 Å². The Hall–Kier alpha value is -1.58. The van der Waals surface area contributed by atoms with Gasteiger partial charge in [-0.1, -0.05) is 11.6 Å². The molecule has 0 spiro atoms. The van der Waals surface area contributed by atoms with Gasteiger partial charge in [-0.2, -0.15) is 0 Å². The molecule has 1 fully saturated rings. The predicted molar refractivity (Wildman–Crippen MR) is 82.3 cm³/mol. The number of hydrogen-bond donors (Lipinski definition) is 2. The largest absolute Gasteiger partial charge is 0.548 e. The lowest BCUT2D eigenvalue weighted by Crippen LogP contribution is -2.42. The first-order chi connectivity index (χ1) is 10.5. The van der Waals surface area contributed by atoms with E-state index < -0.39 is 24.9 Å². The molecule has 0 radical (unpaired) electrons. The lowest BCUT2D eigenvalue weighted by molar-refractivity contribution is -0.132. The van der Waals surface area contributed by atoms with E-state index in [1.54, 1.807) is 12.1 Å².